The van der Waals surface area contributed by atoms with E-state index in [2.05, 4.69) is 22.2 Å². The molecule has 1 N–H and O–H groups in total. The lowest BCUT2D eigenvalue weighted by Gasteiger charge is -2.07. The smallest absolute Gasteiger partial charge is 0.259 e. The van der Waals surface area contributed by atoms with Crippen LogP contribution < -0.4 is 5.32 Å². The van der Waals surface area contributed by atoms with Gasteiger partial charge in [0.15, 0.2) is 0 Å². The summed E-state index contributed by atoms with van der Waals surface area (Å²) in [4.78, 5) is 20.4. The molecule has 0 aliphatic heterocycles. The van der Waals surface area contributed by atoms with Crippen LogP contribution in [-0.2, 0) is 6.42 Å². The predicted octanol–water partition coefficient (Wildman–Crippen LogP) is 2.91. The van der Waals surface area contributed by atoms with Crippen LogP contribution in [0.3, 0.4) is 0 Å². The second kappa shape index (κ2) is 5.61. The number of amides is 1. The molecule has 0 spiro atoms. The molecule has 0 fully saturated rings. The molecule has 0 radical (unpaired) electrons. The summed E-state index contributed by atoms with van der Waals surface area (Å²) in [6, 6.07) is 7.82. The van der Waals surface area contributed by atoms with Crippen molar-refractivity contribution in [2.24, 2.45) is 0 Å². The molecule has 1 amide bonds. The normalized spacial score (nSPS) is 10.3. The Kier molecular flexibility index (Phi) is 3.90. The second-order valence-electron chi connectivity index (χ2n) is 4.42. The van der Waals surface area contributed by atoms with Crippen LogP contribution in [0.15, 0.2) is 30.5 Å². The van der Waals surface area contributed by atoms with Crippen molar-refractivity contribution in [1.29, 1.82) is 0 Å². The zero-order chi connectivity index (χ0) is 13.8. The number of benzene rings is 1. The van der Waals surface area contributed by atoms with Crippen molar-refractivity contribution < 1.29 is 4.79 Å². The van der Waals surface area contributed by atoms with Crippen LogP contribution in [0, 0.1) is 13.8 Å². The molecule has 4 nitrogen and oxygen atoms in total. The summed E-state index contributed by atoms with van der Waals surface area (Å²) < 4.78 is 0. The average molecular weight is 255 g/mol. The average Bonchev–Trinajstić information content (AvgIpc) is 2.39. The van der Waals surface area contributed by atoms with Gasteiger partial charge in [-0.25, -0.2) is 9.97 Å². The first-order valence-corrected chi connectivity index (χ1v) is 6.30. The molecule has 2 rings (SSSR count). The van der Waals surface area contributed by atoms with Gasteiger partial charge >= 0.3 is 0 Å². The zero-order valence-corrected chi connectivity index (χ0v) is 11.4. The third-order valence-electron chi connectivity index (χ3n) is 2.96. The van der Waals surface area contributed by atoms with Gasteiger partial charge in [0, 0.05) is 11.9 Å². The van der Waals surface area contributed by atoms with Crippen molar-refractivity contribution in [3.05, 3.63) is 53.1 Å². The van der Waals surface area contributed by atoms with Crippen molar-refractivity contribution in [2.75, 3.05) is 5.32 Å². The number of rotatable bonds is 3. The summed E-state index contributed by atoms with van der Waals surface area (Å²) in [7, 11) is 0. The van der Waals surface area contributed by atoms with Crippen molar-refractivity contribution in [3.63, 3.8) is 0 Å². The Labute approximate surface area is 112 Å². The fourth-order valence-corrected chi connectivity index (χ4v) is 1.83. The third kappa shape index (κ3) is 3.16. The zero-order valence-electron chi connectivity index (χ0n) is 11.4. The van der Waals surface area contributed by atoms with Crippen LogP contribution in [0.4, 0.5) is 5.69 Å². The van der Waals surface area contributed by atoms with Gasteiger partial charge in [-0.3, -0.25) is 4.79 Å². The Morgan fingerprint density at radius 3 is 2.47 bits per heavy atom. The molecular formula is C15H17N3O. The third-order valence-corrected chi connectivity index (χ3v) is 2.96. The Bertz CT molecular complexity index is 591. The highest BCUT2D eigenvalue weighted by Gasteiger charge is 2.11. The SMILES string of the molecule is CCc1ccc(NC(=O)c2cnc(C)nc2C)cc1. The molecule has 1 aromatic heterocycles. The second-order valence-corrected chi connectivity index (χ2v) is 4.42. The van der Waals surface area contributed by atoms with E-state index in [4.69, 9.17) is 0 Å². The molecular weight excluding hydrogens is 238 g/mol. The highest BCUT2D eigenvalue weighted by atomic mass is 16.1. The lowest BCUT2D eigenvalue weighted by Crippen LogP contribution is -2.15. The quantitative estimate of drug-likeness (QED) is 0.917. The molecule has 1 aromatic carbocycles. The monoisotopic (exact) mass is 255 g/mol. The van der Waals surface area contributed by atoms with Gasteiger partial charge in [0.2, 0.25) is 0 Å². The first kappa shape index (κ1) is 13.2. The van der Waals surface area contributed by atoms with E-state index in [1.54, 1.807) is 13.1 Å². The topological polar surface area (TPSA) is 54.9 Å². The maximum atomic E-state index is 12.1. The van der Waals surface area contributed by atoms with Crippen LogP contribution >= 0.6 is 0 Å². The summed E-state index contributed by atoms with van der Waals surface area (Å²) in [6.07, 6.45) is 2.55. The fraction of sp³-hybridized carbons (Fsp3) is 0.267. The van der Waals surface area contributed by atoms with Crippen LogP contribution in [0.5, 0.6) is 0 Å². The Hall–Kier alpha value is -2.23. The lowest BCUT2D eigenvalue weighted by atomic mass is 10.1. The van der Waals surface area contributed by atoms with Gasteiger partial charge in [-0.05, 0) is 38.0 Å². The number of aromatic nitrogens is 2. The minimum Gasteiger partial charge on any atom is -0.322 e. The molecule has 2 aromatic rings. The molecule has 4 heteroatoms. The van der Waals surface area contributed by atoms with E-state index in [0.29, 0.717) is 17.1 Å². The number of nitrogens with zero attached hydrogens (tertiary/aromatic N) is 2. The standard InChI is InChI=1S/C15H17N3O/c1-4-12-5-7-13(8-6-12)18-15(19)14-9-16-11(3)17-10(14)2/h5-9H,4H2,1-3H3,(H,18,19). The van der Waals surface area contributed by atoms with Gasteiger partial charge in [-0.15, -0.1) is 0 Å². The van der Waals surface area contributed by atoms with Gasteiger partial charge < -0.3 is 5.32 Å². The largest absolute Gasteiger partial charge is 0.322 e. The van der Waals surface area contributed by atoms with Gasteiger partial charge in [-0.1, -0.05) is 19.1 Å². The Balaban J connectivity index is 2.15. The number of carbonyl (C=O) groups excluding carboxylic acids is 1. The number of carbonyl (C=O) groups is 1. The molecule has 0 bridgehead atoms. The molecule has 19 heavy (non-hydrogen) atoms. The van der Waals surface area contributed by atoms with Crippen LogP contribution in [-0.4, -0.2) is 15.9 Å². The Morgan fingerprint density at radius 2 is 1.89 bits per heavy atom. The summed E-state index contributed by atoms with van der Waals surface area (Å²) in [6.45, 7) is 5.71. The number of nitrogens with one attached hydrogen (secondary N) is 1. The molecule has 0 aliphatic rings. The van der Waals surface area contributed by atoms with Crippen LogP contribution in [0.25, 0.3) is 0 Å². The number of hydrogen-bond donors (Lipinski definition) is 1. The van der Waals surface area contributed by atoms with E-state index in [0.717, 1.165) is 12.1 Å². The molecule has 0 atom stereocenters. The lowest BCUT2D eigenvalue weighted by molar-refractivity contribution is 0.102. The van der Waals surface area contributed by atoms with E-state index in [9.17, 15) is 4.79 Å². The van der Waals surface area contributed by atoms with Crippen molar-refractivity contribution in [3.8, 4) is 0 Å². The van der Waals surface area contributed by atoms with Gasteiger partial charge in [-0.2, -0.15) is 0 Å². The number of aryl methyl sites for hydroxylation is 3. The fourth-order valence-electron chi connectivity index (χ4n) is 1.83. The van der Waals surface area contributed by atoms with Crippen LogP contribution in [0.1, 0.15) is 34.4 Å². The van der Waals surface area contributed by atoms with Crippen molar-refractivity contribution in [1.82, 2.24) is 9.97 Å². The first-order valence-electron chi connectivity index (χ1n) is 6.30. The minimum atomic E-state index is -0.179. The summed E-state index contributed by atoms with van der Waals surface area (Å²) in [5.41, 5.74) is 3.22. The van der Waals surface area contributed by atoms with Crippen molar-refractivity contribution in [2.45, 2.75) is 27.2 Å². The predicted molar refractivity (Wildman–Crippen MR) is 75.3 cm³/mol. The number of hydrogen-bond acceptors (Lipinski definition) is 3. The van der Waals surface area contributed by atoms with Crippen LogP contribution in [0.2, 0.25) is 0 Å². The van der Waals surface area contributed by atoms with E-state index >= 15 is 0 Å². The summed E-state index contributed by atoms with van der Waals surface area (Å²) >= 11 is 0. The summed E-state index contributed by atoms with van der Waals surface area (Å²) in [5.74, 6) is 0.489. The van der Waals surface area contributed by atoms with E-state index in [-0.39, 0.29) is 5.91 Å². The van der Waals surface area contributed by atoms with E-state index in [1.807, 2.05) is 31.2 Å². The van der Waals surface area contributed by atoms with Gasteiger partial charge in [0.25, 0.3) is 5.91 Å². The molecule has 1 heterocycles. The van der Waals surface area contributed by atoms with Gasteiger partial charge in [0.05, 0.1) is 11.3 Å². The minimum absolute atomic E-state index is 0.179. The number of anilines is 1. The summed E-state index contributed by atoms with van der Waals surface area (Å²) in [5, 5.41) is 2.85. The maximum Gasteiger partial charge on any atom is 0.259 e. The highest BCUT2D eigenvalue weighted by Crippen LogP contribution is 2.12. The Morgan fingerprint density at radius 1 is 1.21 bits per heavy atom. The van der Waals surface area contributed by atoms with Gasteiger partial charge in [0.1, 0.15) is 5.82 Å². The van der Waals surface area contributed by atoms with Crippen molar-refractivity contribution >= 4 is 11.6 Å². The van der Waals surface area contributed by atoms with E-state index < -0.39 is 0 Å². The first-order chi connectivity index (χ1) is 9.10. The molecule has 0 unspecified atom stereocenters. The maximum absolute atomic E-state index is 12.1. The van der Waals surface area contributed by atoms with E-state index in [1.165, 1.54) is 5.56 Å². The molecule has 98 valence electrons. The highest BCUT2D eigenvalue weighted by molar-refractivity contribution is 6.04. The molecule has 0 saturated carbocycles. The molecule has 0 aliphatic carbocycles. The molecule has 0 saturated heterocycles.